The van der Waals surface area contributed by atoms with E-state index in [-0.39, 0.29) is 6.10 Å². The summed E-state index contributed by atoms with van der Waals surface area (Å²) >= 11 is 0. The Morgan fingerprint density at radius 1 is 1.21 bits per heavy atom. The lowest BCUT2D eigenvalue weighted by Gasteiger charge is -2.43. The highest BCUT2D eigenvalue weighted by molar-refractivity contribution is 4.93. The second-order valence-corrected chi connectivity index (χ2v) is 7.62. The molecule has 0 spiro atoms. The smallest absolute Gasteiger partial charge is 0.0695 e. The Labute approximate surface area is 118 Å². The fourth-order valence-electron chi connectivity index (χ4n) is 3.85. The molecule has 4 atom stereocenters. The van der Waals surface area contributed by atoms with Gasteiger partial charge >= 0.3 is 0 Å². The summed E-state index contributed by atoms with van der Waals surface area (Å²) in [5.41, 5.74) is 0.365. The molecule has 112 valence electrons. The number of aliphatic hydroxyl groups excluding tert-OH is 1. The van der Waals surface area contributed by atoms with E-state index >= 15 is 0 Å². The van der Waals surface area contributed by atoms with Crippen molar-refractivity contribution in [3.63, 3.8) is 0 Å². The van der Waals surface area contributed by atoms with Gasteiger partial charge in [-0.25, -0.2) is 0 Å². The first-order valence-corrected chi connectivity index (χ1v) is 7.83. The van der Waals surface area contributed by atoms with E-state index in [1.165, 1.54) is 12.8 Å². The zero-order chi connectivity index (χ0) is 14.0. The fraction of sp³-hybridized carbons (Fsp3) is 1.00. The molecule has 1 aliphatic heterocycles. The normalized spacial score (nSPS) is 37.7. The van der Waals surface area contributed by atoms with Gasteiger partial charge in [0.25, 0.3) is 0 Å². The molecule has 1 saturated heterocycles. The molecule has 1 N–H and O–H groups in total. The van der Waals surface area contributed by atoms with Crippen molar-refractivity contribution >= 4 is 0 Å². The second-order valence-electron chi connectivity index (χ2n) is 7.62. The van der Waals surface area contributed by atoms with Crippen LogP contribution in [0.3, 0.4) is 0 Å². The summed E-state index contributed by atoms with van der Waals surface area (Å²) in [5, 5.41) is 10.4. The SMILES string of the molecule is COCC1CCN(C2CC(C(C)(C)C)CCC2O)C1. The van der Waals surface area contributed by atoms with E-state index in [2.05, 4.69) is 25.7 Å². The lowest BCUT2D eigenvalue weighted by atomic mass is 9.70. The average Bonchev–Trinajstić information content (AvgIpc) is 2.77. The van der Waals surface area contributed by atoms with E-state index in [0.29, 0.717) is 17.4 Å². The maximum Gasteiger partial charge on any atom is 0.0695 e. The van der Waals surface area contributed by atoms with Gasteiger partial charge in [0, 0.05) is 19.7 Å². The van der Waals surface area contributed by atoms with Gasteiger partial charge in [-0.15, -0.1) is 0 Å². The van der Waals surface area contributed by atoms with E-state index in [0.717, 1.165) is 38.5 Å². The van der Waals surface area contributed by atoms with Gasteiger partial charge in [-0.1, -0.05) is 20.8 Å². The quantitative estimate of drug-likeness (QED) is 0.854. The summed E-state index contributed by atoms with van der Waals surface area (Å²) in [6.45, 7) is 10.1. The van der Waals surface area contributed by atoms with E-state index in [1.807, 2.05) is 0 Å². The minimum atomic E-state index is -0.125. The van der Waals surface area contributed by atoms with Crippen LogP contribution >= 0.6 is 0 Å². The lowest BCUT2D eigenvalue weighted by Crippen LogP contribution is -2.48. The molecule has 0 aromatic heterocycles. The van der Waals surface area contributed by atoms with Gasteiger partial charge in [0.05, 0.1) is 12.7 Å². The molecule has 0 aromatic carbocycles. The lowest BCUT2D eigenvalue weighted by molar-refractivity contribution is -0.0109. The third-order valence-corrected chi connectivity index (χ3v) is 5.19. The summed E-state index contributed by atoms with van der Waals surface area (Å²) < 4.78 is 5.27. The number of aliphatic hydroxyl groups is 1. The molecule has 2 aliphatic rings. The van der Waals surface area contributed by atoms with Crippen molar-refractivity contribution in [3.05, 3.63) is 0 Å². The van der Waals surface area contributed by atoms with Crippen molar-refractivity contribution in [3.8, 4) is 0 Å². The molecular formula is C16H31NO2. The first-order chi connectivity index (χ1) is 8.91. The predicted octanol–water partition coefficient (Wildman–Crippen LogP) is 2.53. The highest BCUT2D eigenvalue weighted by atomic mass is 16.5. The van der Waals surface area contributed by atoms with Gasteiger partial charge in [-0.2, -0.15) is 0 Å². The Balaban J connectivity index is 1.94. The van der Waals surface area contributed by atoms with Gasteiger partial charge < -0.3 is 9.84 Å². The van der Waals surface area contributed by atoms with Crippen molar-refractivity contribution in [2.45, 2.75) is 58.6 Å². The fourth-order valence-corrected chi connectivity index (χ4v) is 3.85. The first-order valence-electron chi connectivity index (χ1n) is 7.83. The summed E-state index contributed by atoms with van der Waals surface area (Å²) in [6.07, 6.45) is 4.40. The highest BCUT2D eigenvalue weighted by Gasteiger charge is 2.39. The monoisotopic (exact) mass is 269 g/mol. The van der Waals surface area contributed by atoms with Crippen molar-refractivity contribution in [2.24, 2.45) is 17.3 Å². The third kappa shape index (κ3) is 3.71. The standard InChI is InChI=1S/C16H31NO2/c1-16(2,3)13-5-6-15(18)14(9-13)17-8-7-12(10-17)11-19-4/h12-15,18H,5-11H2,1-4H3. The van der Waals surface area contributed by atoms with Crippen LogP contribution in [-0.4, -0.2) is 49.0 Å². The summed E-state index contributed by atoms with van der Waals surface area (Å²) in [4.78, 5) is 2.52. The molecule has 19 heavy (non-hydrogen) atoms. The number of nitrogens with zero attached hydrogens (tertiary/aromatic N) is 1. The van der Waals surface area contributed by atoms with Gasteiger partial charge in [0.2, 0.25) is 0 Å². The molecule has 2 fully saturated rings. The van der Waals surface area contributed by atoms with E-state index in [1.54, 1.807) is 7.11 Å². The van der Waals surface area contributed by atoms with Crippen LogP contribution in [0.15, 0.2) is 0 Å². The Kier molecular flexibility index (Phi) is 4.91. The van der Waals surface area contributed by atoms with E-state index in [4.69, 9.17) is 4.74 Å². The van der Waals surface area contributed by atoms with Crippen molar-refractivity contribution in [2.75, 3.05) is 26.8 Å². The summed E-state index contributed by atoms with van der Waals surface area (Å²) in [7, 11) is 1.79. The van der Waals surface area contributed by atoms with Gasteiger partial charge in [-0.3, -0.25) is 4.90 Å². The number of hydrogen-bond acceptors (Lipinski definition) is 3. The largest absolute Gasteiger partial charge is 0.391 e. The molecule has 3 heteroatoms. The van der Waals surface area contributed by atoms with Crippen LogP contribution in [-0.2, 0) is 4.74 Å². The van der Waals surface area contributed by atoms with E-state index < -0.39 is 0 Å². The average molecular weight is 269 g/mol. The molecule has 0 radical (unpaired) electrons. The first kappa shape index (κ1) is 15.3. The van der Waals surface area contributed by atoms with Gasteiger partial charge in [0.15, 0.2) is 0 Å². The molecule has 1 heterocycles. The molecular weight excluding hydrogens is 238 g/mol. The molecule has 0 aromatic rings. The van der Waals surface area contributed by atoms with Crippen LogP contribution in [0.25, 0.3) is 0 Å². The minimum Gasteiger partial charge on any atom is -0.391 e. The van der Waals surface area contributed by atoms with Crippen LogP contribution in [0, 0.1) is 17.3 Å². The molecule has 1 saturated carbocycles. The number of ether oxygens (including phenoxy) is 1. The van der Waals surface area contributed by atoms with Crippen molar-refractivity contribution < 1.29 is 9.84 Å². The maximum atomic E-state index is 10.4. The number of rotatable bonds is 3. The zero-order valence-corrected chi connectivity index (χ0v) is 13.1. The Bertz CT molecular complexity index is 287. The maximum absolute atomic E-state index is 10.4. The van der Waals surface area contributed by atoms with Crippen molar-refractivity contribution in [1.82, 2.24) is 4.90 Å². The second kappa shape index (κ2) is 6.11. The molecule has 3 nitrogen and oxygen atoms in total. The van der Waals surface area contributed by atoms with Crippen LogP contribution in [0.1, 0.15) is 46.5 Å². The molecule has 0 bridgehead atoms. The van der Waals surface area contributed by atoms with Crippen molar-refractivity contribution in [1.29, 1.82) is 0 Å². The molecule has 2 rings (SSSR count). The molecule has 4 unspecified atom stereocenters. The van der Waals surface area contributed by atoms with E-state index in [9.17, 15) is 5.11 Å². The third-order valence-electron chi connectivity index (χ3n) is 5.19. The highest BCUT2D eigenvalue weighted by Crippen LogP contribution is 2.40. The number of hydrogen-bond donors (Lipinski definition) is 1. The zero-order valence-electron chi connectivity index (χ0n) is 13.1. The van der Waals surface area contributed by atoms with Gasteiger partial charge in [0.1, 0.15) is 0 Å². The summed E-state index contributed by atoms with van der Waals surface area (Å²) in [6, 6.07) is 0.375. The molecule has 1 aliphatic carbocycles. The Morgan fingerprint density at radius 2 is 1.95 bits per heavy atom. The minimum absolute atomic E-state index is 0.125. The summed E-state index contributed by atoms with van der Waals surface area (Å²) in [5.74, 6) is 1.40. The van der Waals surface area contributed by atoms with Crippen LogP contribution in [0.2, 0.25) is 0 Å². The number of likely N-dealkylation sites (tertiary alicyclic amines) is 1. The van der Waals surface area contributed by atoms with Crippen LogP contribution in [0.5, 0.6) is 0 Å². The topological polar surface area (TPSA) is 32.7 Å². The number of methoxy groups -OCH3 is 1. The molecule has 0 amide bonds. The Hall–Kier alpha value is -0.120. The van der Waals surface area contributed by atoms with Gasteiger partial charge in [-0.05, 0) is 49.5 Å². The van der Waals surface area contributed by atoms with Crippen LogP contribution < -0.4 is 0 Å². The predicted molar refractivity (Wildman–Crippen MR) is 78.1 cm³/mol. The van der Waals surface area contributed by atoms with Crippen LogP contribution in [0.4, 0.5) is 0 Å². The Morgan fingerprint density at radius 3 is 2.58 bits per heavy atom.